The minimum Gasteiger partial charge on any atom is -0.468 e. The first-order chi connectivity index (χ1) is 10.9. The Hall–Kier alpha value is -2.48. The average Bonchev–Trinajstić information content (AvgIpc) is 3.24. The summed E-state index contributed by atoms with van der Waals surface area (Å²) in [6.45, 7) is 4.21. The number of hydrogen-bond acceptors (Lipinski definition) is 6. The van der Waals surface area contributed by atoms with Crippen LogP contribution in [-0.2, 0) is 26.2 Å². The molecule has 0 amide bonds. The Morgan fingerprint density at radius 3 is 2.86 bits per heavy atom. The highest BCUT2D eigenvalue weighted by Gasteiger charge is 2.20. The van der Waals surface area contributed by atoms with E-state index in [-0.39, 0.29) is 0 Å². The molecule has 1 aliphatic rings. The highest BCUT2D eigenvalue weighted by molar-refractivity contribution is 5.12. The van der Waals surface area contributed by atoms with E-state index in [2.05, 4.69) is 25.4 Å². The van der Waals surface area contributed by atoms with Gasteiger partial charge >= 0.3 is 0 Å². The molecule has 8 nitrogen and oxygen atoms in total. The second-order valence-corrected chi connectivity index (χ2v) is 5.48. The Morgan fingerprint density at radius 2 is 2.05 bits per heavy atom. The zero-order valence-corrected chi connectivity index (χ0v) is 12.2. The molecule has 4 rings (SSSR count). The molecule has 0 N–H and O–H groups in total. The Balaban J connectivity index is 1.55. The third-order valence-electron chi connectivity index (χ3n) is 3.89. The molecule has 4 heterocycles. The van der Waals surface area contributed by atoms with Crippen molar-refractivity contribution in [3.05, 3.63) is 48.2 Å². The third kappa shape index (κ3) is 2.64. The molecule has 0 fully saturated rings. The SMILES string of the molecule is c1coc(CN2CCCn3nnc(Cn4cnnc4)c3C2)c1. The van der Waals surface area contributed by atoms with Gasteiger partial charge in [0, 0.05) is 19.6 Å². The van der Waals surface area contributed by atoms with Crippen LogP contribution in [0.2, 0.25) is 0 Å². The van der Waals surface area contributed by atoms with E-state index in [0.717, 1.165) is 49.7 Å². The van der Waals surface area contributed by atoms with Crippen LogP contribution in [0.15, 0.2) is 35.5 Å². The van der Waals surface area contributed by atoms with Gasteiger partial charge in [-0.1, -0.05) is 5.21 Å². The molecule has 0 atom stereocenters. The largest absolute Gasteiger partial charge is 0.468 e. The molecule has 0 bridgehead atoms. The number of aryl methyl sites for hydroxylation is 1. The summed E-state index contributed by atoms with van der Waals surface area (Å²) in [6.07, 6.45) is 6.17. The van der Waals surface area contributed by atoms with Crippen LogP contribution >= 0.6 is 0 Å². The van der Waals surface area contributed by atoms with Crippen molar-refractivity contribution in [1.82, 2.24) is 34.7 Å². The summed E-state index contributed by atoms with van der Waals surface area (Å²) in [4.78, 5) is 2.37. The third-order valence-corrected chi connectivity index (χ3v) is 3.89. The van der Waals surface area contributed by atoms with Crippen LogP contribution < -0.4 is 0 Å². The molecule has 0 saturated carbocycles. The van der Waals surface area contributed by atoms with Gasteiger partial charge in [-0.2, -0.15) is 0 Å². The van der Waals surface area contributed by atoms with Gasteiger partial charge in [0.15, 0.2) is 0 Å². The van der Waals surface area contributed by atoms with Gasteiger partial charge in [-0.25, -0.2) is 4.68 Å². The Labute approximate surface area is 127 Å². The topological polar surface area (TPSA) is 77.8 Å². The summed E-state index contributed by atoms with van der Waals surface area (Å²) in [5.41, 5.74) is 2.14. The van der Waals surface area contributed by atoms with Crippen molar-refractivity contribution in [3.63, 3.8) is 0 Å². The molecule has 3 aromatic rings. The van der Waals surface area contributed by atoms with Gasteiger partial charge in [0.2, 0.25) is 0 Å². The average molecular weight is 299 g/mol. The molecule has 0 saturated heterocycles. The maximum Gasteiger partial charge on any atom is 0.119 e. The molecule has 8 heteroatoms. The van der Waals surface area contributed by atoms with Crippen molar-refractivity contribution in [2.75, 3.05) is 6.54 Å². The van der Waals surface area contributed by atoms with Crippen LogP contribution in [0.1, 0.15) is 23.6 Å². The number of rotatable bonds is 4. The van der Waals surface area contributed by atoms with E-state index in [4.69, 9.17) is 4.42 Å². The standard InChI is InChI=1S/C14H17N7O/c1-3-12(22-6-1)7-19-4-2-5-21-14(9-19)13(17-18-21)8-20-10-15-16-11-20/h1,3,6,10-11H,2,4-5,7-9H2. The van der Waals surface area contributed by atoms with E-state index in [9.17, 15) is 0 Å². The Bertz CT molecular complexity index is 717. The molecule has 0 aliphatic carbocycles. The van der Waals surface area contributed by atoms with Gasteiger partial charge in [-0.05, 0) is 18.6 Å². The fourth-order valence-electron chi connectivity index (χ4n) is 2.81. The number of hydrogen-bond donors (Lipinski definition) is 0. The van der Waals surface area contributed by atoms with E-state index in [0.29, 0.717) is 6.54 Å². The second kappa shape index (κ2) is 5.72. The number of nitrogens with zero attached hydrogens (tertiary/aromatic N) is 7. The van der Waals surface area contributed by atoms with Crippen LogP contribution in [0.5, 0.6) is 0 Å². The van der Waals surface area contributed by atoms with Gasteiger partial charge in [0.1, 0.15) is 24.1 Å². The zero-order chi connectivity index (χ0) is 14.8. The zero-order valence-electron chi connectivity index (χ0n) is 12.2. The minimum absolute atomic E-state index is 0.650. The quantitative estimate of drug-likeness (QED) is 0.713. The predicted octanol–water partition coefficient (Wildman–Crippen LogP) is 0.917. The van der Waals surface area contributed by atoms with Crippen LogP contribution in [0.25, 0.3) is 0 Å². The van der Waals surface area contributed by atoms with Crippen molar-refractivity contribution in [2.45, 2.75) is 32.6 Å². The molecular formula is C14H17N7O. The fourth-order valence-corrected chi connectivity index (χ4v) is 2.81. The maximum absolute atomic E-state index is 5.46. The first-order valence-corrected chi connectivity index (χ1v) is 7.37. The monoisotopic (exact) mass is 299 g/mol. The van der Waals surface area contributed by atoms with Crippen LogP contribution in [-0.4, -0.2) is 41.2 Å². The van der Waals surface area contributed by atoms with Crippen molar-refractivity contribution in [2.24, 2.45) is 0 Å². The van der Waals surface area contributed by atoms with E-state index < -0.39 is 0 Å². The van der Waals surface area contributed by atoms with Crippen LogP contribution in [0, 0.1) is 0 Å². The van der Waals surface area contributed by atoms with Gasteiger partial charge in [-0.3, -0.25) is 4.90 Å². The molecule has 0 spiro atoms. The molecule has 22 heavy (non-hydrogen) atoms. The molecular weight excluding hydrogens is 282 g/mol. The van der Waals surface area contributed by atoms with Crippen molar-refractivity contribution < 1.29 is 4.42 Å². The Morgan fingerprint density at radius 1 is 1.14 bits per heavy atom. The molecule has 3 aromatic heterocycles. The molecule has 1 aliphatic heterocycles. The summed E-state index contributed by atoms with van der Waals surface area (Å²) in [5.74, 6) is 0.987. The highest BCUT2D eigenvalue weighted by Crippen LogP contribution is 2.17. The van der Waals surface area contributed by atoms with Gasteiger partial charge in [0.25, 0.3) is 0 Å². The van der Waals surface area contributed by atoms with Crippen molar-refractivity contribution >= 4 is 0 Å². The van der Waals surface area contributed by atoms with E-state index in [1.165, 1.54) is 0 Å². The van der Waals surface area contributed by atoms with Crippen molar-refractivity contribution in [3.8, 4) is 0 Å². The van der Waals surface area contributed by atoms with Gasteiger partial charge < -0.3 is 8.98 Å². The summed E-state index contributed by atoms with van der Waals surface area (Å²) >= 11 is 0. The number of furan rings is 1. The highest BCUT2D eigenvalue weighted by atomic mass is 16.3. The lowest BCUT2D eigenvalue weighted by molar-refractivity contribution is 0.238. The molecule has 0 unspecified atom stereocenters. The van der Waals surface area contributed by atoms with Gasteiger partial charge in [0.05, 0.1) is 25.0 Å². The molecule has 0 aromatic carbocycles. The van der Waals surface area contributed by atoms with E-state index >= 15 is 0 Å². The lowest BCUT2D eigenvalue weighted by Gasteiger charge is -2.18. The van der Waals surface area contributed by atoms with Crippen molar-refractivity contribution in [1.29, 1.82) is 0 Å². The number of aromatic nitrogens is 6. The summed E-state index contributed by atoms with van der Waals surface area (Å²) in [6, 6.07) is 3.94. The lowest BCUT2D eigenvalue weighted by atomic mass is 10.3. The molecule has 114 valence electrons. The van der Waals surface area contributed by atoms with E-state index in [1.807, 2.05) is 21.4 Å². The minimum atomic E-state index is 0.650. The van der Waals surface area contributed by atoms with Crippen LogP contribution in [0.3, 0.4) is 0 Å². The predicted molar refractivity (Wildman–Crippen MR) is 76.6 cm³/mol. The second-order valence-electron chi connectivity index (χ2n) is 5.48. The molecule has 0 radical (unpaired) electrons. The Kier molecular flexibility index (Phi) is 3.43. The smallest absolute Gasteiger partial charge is 0.119 e. The first kappa shape index (κ1) is 13.2. The summed E-state index contributed by atoms with van der Waals surface area (Å²) in [7, 11) is 0. The van der Waals surface area contributed by atoms with E-state index in [1.54, 1.807) is 18.9 Å². The normalized spacial score (nSPS) is 15.6. The summed E-state index contributed by atoms with van der Waals surface area (Å²) < 4.78 is 9.39. The lowest BCUT2D eigenvalue weighted by Crippen LogP contribution is -2.23. The van der Waals surface area contributed by atoms with Gasteiger partial charge in [-0.15, -0.1) is 15.3 Å². The van der Waals surface area contributed by atoms with Crippen LogP contribution in [0.4, 0.5) is 0 Å². The number of fused-ring (bicyclic) bond motifs is 1. The summed E-state index contributed by atoms with van der Waals surface area (Å²) in [5, 5.41) is 16.3. The first-order valence-electron chi connectivity index (χ1n) is 7.37. The maximum atomic E-state index is 5.46. The fraction of sp³-hybridized carbons (Fsp3) is 0.429.